The molecule has 2 fully saturated rings. The van der Waals surface area contributed by atoms with Crippen LogP contribution in [-0.4, -0.2) is 46.6 Å². The number of nitrogens with one attached hydrogen (secondary N) is 2. The van der Waals surface area contributed by atoms with E-state index in [4.69, 9.17) is 10.6 Å². The second-order valence-corrected chi connectivity index (χ2v) is 5.07. The molecule has 114 valence electrons. The van der Waals surface area contributed by atoms with E-state index in [2.05, 4.69) is 25.7 Å². The number of amides is 1. The van der Waals surface area contributed by atoms with Crippen LogP contribution in [0, 0.1) is 5.92 Å². The van der Waals surface area contributed by atoms with E-state index in [0.717, 1.165) is 19.4 Å². The van der Waals surface area contributed by atoms with Crippen LogP contribution in [0.2, 0.25) is 0 Å². The predicted molar refractivity (Wildman–Crippen MR) is 75.7 cm³/mol. The van der Waals surface area contributed by atoms with Gasteiger partial charge in [-0.05, 0) is 19.8 Å². The van der Waals surface area contributed by atoms with Crippen LogP contribution in [0.1, 0.15) is 19.8 Å². The van der Waals surface area contributed by atoms with Crippen LogP contribution in [0.3, 0.4) is 0 Å². The maximum atomic E-state index is 11.8. The van der Waals surface area contributed by atoms with Crippen LogP contribution in [0.25, 0.3) is 0 Å². The lowest BCUT2D eigenvalue weighted by molar-refractivity contribution is -0.123. The SMILES string of the molecule is CCOc1nc(NN)nc(N2CCCC3C(=O)NCC32)n1. The van der Waals surface area contributed by atoms with E-state index >= 15 is 0 Å². The van der Waals surface area contributed by atoms with Crippen molar-refractivity contribution in [1.82, 2.24) is 20.3 Å². The average Bonchev–Trinajstić information content (AvgIpc) is 2.89. The minimum absolute atomic E-state index is 0.000319. The summed E-state index contributed by atoms with van der Waals surface area (Å²) < 4.78 is 5.35. The Morgan fingerprint density at radius 3 is 3.10 bits per heavy atom. The topological polar surface area (TPSA) is 118 Å². The van der Waals surface area contributed by atoms with Crippen molar-refractivity contribution >= 4 is 17.8 Å². The number of nitrogen functional groups attached to an aromatic ring is 1. The Kier molecular flexibility index (Phi) is 3.74. The van der Waals surface area contributed by atoms with Crippen LogP contribution in [0.5, 0.6) is 6.01 Å². The number of fused-ring (bicyclic) bond motifs is 1. The van der Waals surface area contributed by atoms with Crippen molar-refractivity contribution in [2.24, 2.45) is 11.8 Å². The van der Waals surface area contributed by atoms with Crippen LogP contribution < -0.4 is 26.2 Å². The van der Waals surface area contributed by atoms with Crippen molar-refractivity contribution in [3.05, 3.63) is 0 Å². The lowest BCUT2D eigenvalue weighted by Gasteiger charge is -2.35. The summed E-state index contributed by atoms with van der Waals surface area (Å²) in [6, 6.07) is 0.309. The predicted octanol–water partition coefficient (Wildman–Crippen LogP) is -0.729. The molecule has 0 radical (unpaired) electrons. The number of carbonyl (C=O) groups excluding carboxylic acids is 1. The molecule has 3 rings (SSSR count). The van der Waals surface area contributed by atoms with Crippen LogP contribution >= 0.6 is 0 Å². The fourth-order valence-corrected chi connectivity index (χ4v) is 2.93. The molecule has 0 bridgehead atoms. The number of anilines is 2. The van der Waals surface area contributed by atoms with Crippen molar-refractivity contribution in [2.45, 2.75) is 25.8 Å². The van der Waals surface area contributed by atoms with Gasteiger partial charge in [-0.1, -0.05) is 0 Å². The number of hydrogen-bond acceptors (Lipinski definition) is 8. The minimum Gasteiger partial charge on any atom is -0.464 e. The molecule has 0 aliphatic carbocycles. The Labute approximate surface area is 122 Å². The zero-order valence-corrected chi connectivity index (χ0v) is 11.9. The highest BCUT2D eigenvalue weighted by Gasteiger charge is 2.42. The van der Waals surface area contributed by atoms with E-state index in [0.29, 0.717) is 19.1 Å². The van der Waals surface area contributed by atoms with Gasteiger partial charge in [-0.15, -0.1) is 0 Å². The molecular formula is C12H19N7O2. The van der Waals surface area contributed by atoms with Gasteiger partial charge in [-0.3, -0.25) is 10.2 Å². The monoisotopic (exact) mass is 293 g/mol. The molecule has 2 atom stereocenters. The average molecular weight is 293 g/mol. The van der Waals surface area contributed by atoms with Gasteiger partial charge in [0.1, 0.15) is 0 Å². The normalized spacial score (nSPS) is 24.5. The number of carbonyl (C=O) groups is 1. The Morgan fingerprint density at radius 1 is 1.48 bits per heavy atom. The largest absolute Gasteiger partial charge is 0.464 e. The molecule has 0 aromatic carbocycles. The first-order valence-electron chi connectivity index (χ1n) is 7.12. The van der Waals surface area contributed by atoms with Crippen LogP contribution in [-0.2, 0) is 4.79 Å². The smallest absolute Gasteiger partial charge is 0.323 e. The highest BCUT2D eigenvalue weighted by Crippen LogP contribution is 2.30. The molecule has 1 amide bonds. The summed E-state index contributed by atoms with van der Waals surface area (Å²) in [6.07, 6.45) is 1.83. The number of ether oxygens (including phenoxy) is 1. The van der Waals surface area contributed by atoms with Gasteiger partial charge in [0.25, 0.3) is 0 Å². The Hall–Kier alpha value is -2.16. The van der Waals surface area contributed by atoms with Gasteiger partial charge in [-0.2, -0.15) is 15.0 Å². The summed E-state index contributed by atoms with van der Waals surface area (Å²) in [5.41, 5.74) is 2.42. The first kappa shape index (κ1) is 13.8. The van der Waals surface area contributed by atoms with Gasteiger partial charge in [0.15, 0.2) is 0 Å². The molecule has 2 unspecified atom stereocenters. The van der Waals surface area contributed by atoms with E-state index in [-0.39, 0.29) is 29.8 Å². The number of aromatic nitrogens is 3. The third kappa shape index (κ3) is 2.56. The molecule has 1 aromatic rings. The lowest BCUT2D eigenvalue weighted by atomic mass is 9.92. The van der Waals surface area contributed by atoms with Crippen LogP contribution in [0.4, 0.5) is 11.9 Å². The zero-order chi connectivity index (χ0) is 14.8. The number of piperidine rings is 1. The van der Waals surface area contributed by atoms with E-state index in [9.17, 15) is 4.79 Å². The summed E-state index contributed by atoms with van der Waals surface area (Å²) in [5.74, 6) is 6.26. The summed E-state index contributed by atoms with van der Waals surface area (Å²) in [6.45, 7) is 3.73. The van der Waals surface area contributed by atoms with E-state index in [1.807, 2.05) is 11.8 Å². The van der Waals surface area contributed by atoms with Gasteiger partial charge < -0.3 is 15.0 Å². The highest BCUT2D eigenvalue weighted by molar-refractivity contribution is 5.82. The molecule has 2 aliphatic heterocycles. The molecular weight excluding hydrogens is 274 g/mol. The van der Waals surface area contributed by atoms with Gasteiger partial charge in [0.2, 0.25) is 17.8 Å². The fraction of sp³-hybridized carbons (Fsp3) is 0.667. The van der Waals surface area contributed by atoms with Gasteiger partial charge in [-0.25, -0.2) is 5.84 Å². The molecule has 3 heterocycles. The fourth-order valence-electron chi connectivity index (χ4n) is 2.93. The molecule has 9 nitrogen and oxygen atoms in total. The minimum atomic E-state index is 0.000319. The Balaban J connectivity index is 1.91. The summed E-state index contributed by atoms with van der Waals surface area (Å²) in [4.78, 5) is 26.5. The van der Waals surface area contributed by atoms with Crippen molar-refractivity contribution in [3.8, 4) is 6.01 Å². The lowest BCUT2D eigenvalue weighted by Crippen LogP contribution is -2.46. The van der Waals surface area contributed by atoms with Crippen molar-refractivity contribution in [1.29, 1.82) is 0 Å². The number of rotatable bonds is 4. The summed E-state index contributed by atoms with van der Waals surface area (Å²) in [5, 5.41) is 2.91. The summed E-state index contributed by atoms with van der Waals surface area (Å²) >= 11 is 0. The highest BCUT2D eigenvalue weighted by atomic mass is 16.5. The standard InChI is InChI=1S/C12H19N7O2/c1-2-21-12-16-10(18-13)15-11(17-12)19-5-3-4-7-8(19)6-14-9(7)20/h7-8H,2-6,13H2,1H3,(H,14,20)(H,15,16,17,18). The second-order valence-electron chi connectivity index (χ2n) is 5.07. The Bertz CT molecular complexity index is 538. The van der Waals surface area contributed by atoms with Gasteiger partial charge in [0.05, 0.1) is 18.6 Å². The molecule has 9 heteroatoms. The molecule has 1 aromatic heterocycles. The Morgan fingerprint density at radius 2 is 2.33 bits per heavy atom. The molecule has 21 heavy (non-hydrogen) atoms. The molecule has 2 saturated heterocycles. The van der Waals surface area contributed by atoms with E-state index in [1.54, 1.807) is 0 Å². The maximum Gasteiger partial charge on any atom is 0.323 e. The van der Waals surface area contributed by atoms with Crippen LogP contribution in [0.15, 0.2) is 0 Å². The first-order valence-corrected chi connectivity index (χ1v) is 7.12. The molecule has 2 aliphatic rings. The van der Waals surface area contributed by atoms with Crippen molar-refractivity contribution < 1.29 is 9.53 Å². The number of nitrogens with zero attached hydrogens (tertiary/aromatic N) is 4. The number of nitrogens with two attached hydrogens (primary N) is 1. The number of hydrogen-bond donors (Lipinski definition) is 3. The zero-order valence-electron chi connectivity index (χ0n) is 11.9. The van der Waals surface area contributed by atoms with Gasteiger partial charge >= 0.3 is 6.01 Å². The third-order valence-electron chi connectivity index (χ3n) is 3.86. The quantitative estimate of drug-likeness (QED) is 0.491. The molecule has 0 spiro atoms. The third-order valence-corrected chi connectivity index (χ3v) is 3.86. The van der Waals surface area contributed by atoms with Crippen molar-refractivity contribution in [2.75, 3.05) is 30.0 Å². The molecule has 0 saturated carbocycles. The van der Waals surface area contributed by atoms with Gasteiger partial charge in [0, 0.05) is 13.1 Å². The number of hydrazine groups is 1. The van der Waals surface area contributed by atoms with E-state index in [1.165, 1.54) is 0 Å². The first-order chi connectivity index (χ1) is 10.2. The van der Waals surface area contributed by atoms with Crippen molar-refractivity contribution in [3.63, 3.8) is 0 Å². The molecule has 4 N–H and O–H groups in total. The second kappa shape index (κ2) is 5.68. The van der Waals surface area contributed by atoms with E-state index < -0.39 is 0 Å². The summed E-state index contributed by atoms with van der Waals surface area (Å²) in [7, 11) is 0. The maximum absolute atomic E-state index is 11.8.